The van der Waals surface area contributed by atoms with Gasteiger partial charge < -0.3 is 15.6 Å². The summed E-state index contributed by atoms with van der Waals surface area (Å²) >= 11 is 0. The van der Waals surface area contributed by atoms with Gasteiger partial charge in [-0.2, -0.15) is 5.10 Å². The number of ether oxygens (including phenoxy) is 1. The summed E-state index contributed by atoms with van der Waals surface area (Å²) in [6.45, 7) is 0. The van der Waals surface area contributed by atoms with Crippen molar-refractivity contribution in [2.24, 2.45) is 10.8 Å². The van der Waals surface area contributed by atoms with Crippen LogP contribution in [0.1, 0.15) is 12.8 Å². The summed E-state index contributed by atoms with van der Waals surface area (Å²) in [7, 11) is 1.18. The van der Waals surface area contributed by atoms with E-state index in [0.29, 0.717) is 0 Å². The first-order valence-corrected chi connectivity index (χ1v) is 3.89. The first-order chi connectivity index (χ1) is 6.97. The van der Waals surface area contributed by atoms with Crippen molar-refractivity contribution in [3.63, 3.8) is 0 Å². The molecule has 4 N–H and O–H groups in total. The zero-order chi connectivity index (χ0) is 11.8. The highest BCUT2D eigenvalue weighted by Gasteiger charge is 2.12. The standard InChI is InChI=1S/C7H11N3O5/c1-15-5(11)3-2-4(6(12)13)9-10-7(8)14/h2-3H2,1H3,(H,12,13)(H3,8,10,14)/b9-4-. The number of carbonyl (C=O) groups excluding carboxylic acids is 2. The Kier molecular flexibility index (Phi) is 5.45. The number of primary amides is 1. The molecule has 0 aromatic heterocycles. The molecule has 0 rings (SSSR count). The predicted octanol–water partition coefficient (Wildman–Crippen LogP) is -0.951. The largest absolute Gasteiger partial charge is 0.477 e. The number of hydrazone groups is 1. The van der Waals surface area contributed by atoms with Crippen LogP contribution in [0.25, 0.3) is 0 Å². The van der Waals surface area contributed by atoms with E-state index >= 15 is 0 Å². The predicted molar refractivity (Wildman–Crippen MR) is 49.0 cm³/mol. The number of carboxylic acid groups (broad SMARTS) is 1. The lowest BCUT2D eigenvalue weighted by Crippen LogP contribution is -2.28. The number of methoxy groups -OCH3 is 1. The minimum absolute atomic E-state index is 0.137. The van der Waals surface area contributed by atoms with Crippen LogP contribution in [-0.4, -0.2) is 35.9 Å². The van der Waals surface area contributed by atoms with Gasteiger partial charge in [-0.05, 0) is 0 Å². The Labute approximate surface area is 85.1 Å². The van der Waals surface area contributed by atoms with Crippen LogP contribution in [0, 0.1) is 0 Å². The highest BCUT2D eigenvalue weighted by molar-refractivity contribution is 6.35. The molecular formula is C7H11N3O5. The Morgan fingerprint density at radius 1 is 1.40 bits per heavy atom. The number of nitrogens with two attached hydrogens (primary N) is 1. The fourth-order valence-corrected chi connectivity index (χ4v) is 0.656. The number of hydrogen-bond acceptors (Lipinski definition) is 5. The number of esters is 1. The van der Waals surface area contributed by atoms with Crippen LogP contribution in [0.4, 0.5) is 4.79 Å². The van der Waals surface area contributed by atoms with Crippen molar-refractivity contribution >= 4 is 23.7 Å². The summed E-state index contributed by atoms with van der Waals surface area (Å²) in [5, 5.41) is 11.8. The highest BCUT2D eigenvalue weighted by Crippen LogP contribution is 1.95. The third-order valence-electron chi connectivity index (χ3n) is 1.34. The summed E-state index contributed by atoms with van der Waals surface area (Å²) in [5.74, 6) is -1.91. The maximum atomic E-state index is 10.7. The van der Waals surface area contributed by atoms with Gasteiger partial charge in [0.05, 0.1) is 13.5 Å². The smallest absolute Gasteiger partial charge is 0.352 e. The van der Waals surface area contributed by atoms with Crippen molar-refractivity contribution in [3.8, 4) is 0 Å². The van der Waals surface area contributed by atoms with Crippen molar-refractivity contribution in [3.05, 3.63) is 0 Å². The number of hydrogen-bond donors (Lipinski definition) is 3. The lowest BCUT2D eigenvalue weighted by Gasteiger charge is -2.00. The zero-order valence-corrected chi connectivity index (χ0v) is 8.02. The Morgan fingerprint density at radius 2 is 2.00 bits per heavy atom. The van der Waals surface area contributed by atoms with Crippen LogP contribution < -0.4 is 11.2 Å². The molecule has 0 atom stereocenters. The fraction of sp³-hybridized carbons (Fsp3) is 0.429. The van der Waals surface area contributed by atoms with E-state index in [1.54, 1.807) is 5.43 Å². The van der Waals surface area contributed by atoms with Crippen molar-refractivity contribution in [1.29, 1.82) is 0 Å². The van der Waals surface area contributed by atoms with Gasteiger partial charge in [-0.25, -0.2) is 15.0 Å². The number of amides is 2. The van der Waals surface area contributed by atoms with Gasteiger partial charge in [-0.3, -0.25) is 4.79 Å². The molecule has 8 heteroatoms. The Balaban J connectivity index is 4.28. The molecule has 15 heavy (non-hydrogen) atoms. The number of carboxylic acids is 1. The van der Waals surface area contributed by atoms with Gasteiger partial charge in [0.25, 0.3) is 0 Å². The second kappa shape index (κ2) is 6.35. The summed E-state index contributed by atoms with van der Waals surface area (Å²) < 4.78 is 4.31. The maximum Gasteiger partial charge on any atom is 0.352 e. The molecule has 0 bridgehead atoms. The van der Waals surface area contributed by atoms with E-state index in [4.69, 9.17) is 5.11 Å². The molecule has 0 saturated heterocycles. The number of urea groups is 1. The molecule has 0 aliphatic heterocycles. The Bertz CT molecular complexity index is 299. The van der Waals surface area contributed by atoms with Gasteiger partial charge in [0.15, 0.2) is 0 Å². The summed E-state index contributed by atoms with van der Waals surface area (Å²) in [6, 6.07) is -0.980. The molecule has 0 aromatic carbocycles. The van der Waals surface area contributed by atoms with E-state index in [2.05, 4.69) is 15.6 Å². The number of rotatable bonds is 5. The first-order valence-electron chi connectivity index (χ1n) is 3.89. The van der Waals surface area contributed by atoms with E-state index in [0.717, 1.165) is 0 Å². The molecule has 0 aliphatic rings. The molecule has 8 nitrogen and oxygen atoms in total. The zero-order valence-electron chi connectivity index (χ0n) is 8.02. The molecule has 0 fully saturated rings. The van der Waals surface area contributed by atoms with E-state index < -0.39 is 18.0 Å². The average molecular weight is 217 g/mol. The van der Waals surface area contributed by atoms with Gasteiger partial charge >= 0.3 is 18.0 Å². The molecule has 0 radical (unpaired) electrons. The highest BCUT2D eigenvalue weighted by atomic mass is 16.5. The number of nitrogens with zero attached hydrogens (tertiary/aromatic N) is 1. The van der Waals surface area contributed by atoms with E-state index in [1.807, 2.05) is 0 Å². The molecule has 0 saturated carbocycles. The maximum absolute atomic E-state index is 10.7. The van der Waals surface area contributed by atoms with Gasteiger partial charge in [0, 0.05) is 6.42 Å². The van der Waals surface area contributed by atoms with Gasteiger partial charge in [-0.1, -0.05) is 0 Å². The van der Waals surface area contributed by atoms with Gasteiger partial charge in [0.1, 0.15) is 5.71 Å². The molecule has 0 aromatic rings. The van der Waals surface area contributed by atoms with Crippen LogP contribution in [0.2, 0.25) is 0 Å². The number of aliphatic carboxylic acids is 1. The van der Waals surface area contributed by atoms with Crippen molar-refractivity contribution in [2.75, 3.05) is 7.11 Å². The van der Waals surface area contributed by atoms with E-state index in [9.17, 15) is 14.4 Å². The van der Waals surface area contributed by atoms with Crippen LogP contribution in [-0.2, 0) is 14.3 Å². The third-order valence-corrected chi connectivity index (χ3v) is 1.34. The van der Waals surface area contributed by atoms with Crippen LogP contribution >= 0.6 is 0 Å². The second-order valence-electron chi connectivity index (χ2n) is 2.42. The van der Waals surface area contributed by atoms with Gasteiger partial charge in [0.2, 0.25) is 0 Å². The first kappa shape index (κ1) is 12.9. The Hall–Kier alpha value is -2.12. The van der Waals surface area contributed by atoms with E-state index in [-0.39, 0.29) is 18.6 Å². The number of nitrogens with one attached hydrogen (secondary N) is 1. The van der Waals surface area contributed by atoms with Crippen molar-refractivity contribution in [2.45, 2.75) is 12.8 Å². The summed E-state index contributed by atoms with van der Waals surface area (Å²) in [5.41, 5.74) is 6.07. The minimum Gasteiger partial charge on any atom is -0.477 e. The van der Waals surface area contributed by atoms with E-state index in [1.165, 1.54) is 7.11 Å². The average Bonchev–Trinajstić information content (AvgIpc) is 2.16. The van der Waals surface area contributed by atoms with Crippen LogP contribution in [0.3, 0.4) is 0 Å². The molecule has 84 valence electrons. The van der Waals surface area contributed by atoms with Crippen LogP contribution in [0.15, 0.2) is 5.10 Å². The Morgan fingerprint density at radius 3 is 2.40 bits per heavy atom. The summed E-state index contributed by atoms with van der Waals surface area (Å²) in [4.78, 5) is 31.5. The molecule has 2 amide bonds. The monoisotopic (exact) mass is 217 g/mol. The third kappa shape index (κ3) is 6.02. The summed E-state index contributed by atoms with van der Waals surface area (Å²) in [6.07, 6.45) is -0.287. The molecule has 0 unspecified atom stereocenters. The van der Waals surface area contributed by atoms with Gasteiger partial charge in [-0.15, -0.1) is 0 Å². The molecule has 0 spiro atoms. The molecular weight excluding hydrogens is 206 g/mol. The quantitative estimate of drug-likeness (QED) is 0.310. The lowest BCUT2D eigenvalue weighted by atomic mass is 10.2. The molecule has 0 aliphatic carbocycles. The van der Waals surface area contributed by atoms with Crippen LogP contribution in [0.5, 0.6) is 0 Å². The topological polar surface area (TPSA) is 131 Å². The van der Waals surface area contributed by atoms with Crippen molar-refractivity contribution in [1.82, 2.24) is 5.43 Å². The number of carbonyl (C=O) groups is 3. The minimum atomic E-state index is -1.34. The fourth-order valence-electron chi connectivity index (χ4n) is 0.656. The normalized spacial score (nSPS) is 10.6. The molecule has 0 heterocycles. The lowest BCUT2D eigenvalue weighted by molar-refractivity contribution is -0.140. The van der Waals surface area contributed by atoms with Crippen molar-refractivity contribution < 1.29 is 24.2 Å². The second-order valence-corrected chi connectivity index (χ2v) is 2.42. The SMILES string of the molecule is COC(=O)CC/C(=N/NC(N)=O)C(=O)O.